The number of nitrogens with one attached hydrogen (secondary N) is 1. The van der Waals surface area contributed by atoms with E-state index in [1.807, 2.05) is 6.07 Å². The smallest absolute Gasteiger partial charge is 0.316 e. The van der Waals surface area contributed by atoms with Crippen LogP contribution in [-0.4, -0.2) is 54.7 Å². The first-order valence-electron chi connectivity index (χ1n) is 14.2. The van der Waals surface area contributed by atoms with Crippen molar-refractivity contribution in [3.63, 3.8) is 0 Å². The lowest BCUT2D eigenvalue weighted by molar-refractivity contribution is -0.165. The molecule has 3 aliphatic heterocycles. The van der Waals surface area contributed by atoms with Crippen LogP contribution in [0, 0.1) is 5.92 Å². The lowest BCUT2D eigenvalue weighted by Crippen LogP contribution is -2.53. The Morgan fingerprint density at radius 2 is 1.92 bits per heavy atom. The first kappa shape index (κ1) is 27.9. The number of hydrogen-bond donors (Lipinski definition) is 2. The van der Waals surface area contributed by atoms with Gasteiger partial charge in [0.1, 0.15) is 11.9 Å². The van der Waals surface area contributed by atoms with Gasteiger partial charge in [0.25, 0.3) is 0 Å². The van der Waals surface area contributed by atoms with Gasteiger partial charge in [-0.2, -0.15) is 0 Å². The fourth-order valence-electron chi connectivity index (χ4n) is 6.58. The van der Waals surface area contributed by atoms with Crippen LogP contribution in [0.4, 0.5) is 5.69 Å². The molecule has 2 N–H and O–H groups in total. The van der Waals surface area contributed by atoms with Crippen molar-refractivity contribution in [2.75, 3.05) is 32.1 Å². The molecule has 7 nitrogen and oxygen atoms in total. The second-order valence-electron chi connectivity index (χ2n) is 11.3. The summed E-state index contributed by atoms with van der Waals surface area (Å²) < 4.78 is 11.5. The third-order valence-corrected chi connectivity index (χ3v) is 9.18. The molecule has 2 aromatic rings. The number of carbonyl (C=O) groups excluding carboxylic acids is 2. The van der Waals surface area contributed by atoms with Crippen LogP contribution in [0.15, 0.2) is 36.4 Å². The molecule has 6 rings (SSSR count). The van der Waals surface area contributed by atoms with Crippen LogP contribution < -0.4 is 10.1 Å². The molecule has 1 atom stereocenters. The van der Waals surface area contributed by atoms with Gasteiger partial charge in [0.05, 0.1) is 29.8 Å². The number of carbonyl (C=O) groups is 2. The third-order valence-electron chi connectivity index (χ3n) is 8.87. The number of aliphatic hydroxyl groups excluding tert-OH is 1. The number of methoxy groups -OCH3 is 1. The highest BCUT2D eigenvalue weighted by atomic mass is 35.5. The van der Waals surface area contributed by atoms with Crippen molar-refractivity contribution in [3.05, 3.63) is 58.1 Å². The van der Waals surface area contributed by atoms with Crippen LogP contribution in [-0.2, 0) is 32.8 Å². The molecular weight excluding hydrogens is 516 g/mol. The minimum Gasteiger partial charge on any atom is -0.496 e. The standard InChI is InChI=1S/C31H39ClN2O5/c1-38-27-18-26(25(32)17-23(27)20-35)33-29(36)9-5-7-21-6-4-8-24(16-21)31(12-2-3-13-31)30(37)39-28-19-34-14-10-22(28)11-15-34/h4,6,8,16-18,22,28,35H,2-3,5,7,9-15,19-20H2,1H3,(H,33,36). The first-order valence-corrected chi connectivity index (χ1v) is 14.6. The number of hydrogen-bond acceptors (Lipinski definition) is 6. The van der Waals surface area contributed by atoms with Gasteiger partial charge in [-0.1, -0.05) is 48.7 Å². The van der Waals surface area contributed by atoms with Gasteiger partial charge in [0, 0.05) is 24.6 Å². The Kier molecular flexibility index (Phi) is 8.79. The number of ether oxygens (including phenoxy) is 2. The average molecular weight is 555 g/mol. The molecular formula is C31H39ClN2O5. The fraction of sp³-hybridized carbons (Fsp3) is 0.548. The highest BCUT2D eigenvalue weighted by molar-refractivity contribution is 6.33. The zero-order valence-corrected chi connectivity index (χ0v) is 23.5. The molecule has 0 aromatic heterocycles. The lowest BCUT2D eigenvalue weighted by atomic mass is 9.77. The zero-order chi connectivity index (χ0) is 27.4. The Labute approximate surface area is 235 Å². The molecule has 1 saturated carbocycles. The number of fused-ring (bicyclic) bond motifs is 3. The van der Waals surface area contributed by atoms with Crippen LogP contribution in [0.3, 0.4) is 0 Å². The van der Waals surface area contributed by atoms with E-state index in [1.165, 1.54) is 7.11 Å². The molecule has 1 unspecified atom stereocenters. The summed E-state index contributed by atoms with van der Waals surface area (Å²) in [4.78, 5) is 28.8. The second kappa shape index (κ2) is 12.3. The van der Waals surface area contributed by atoms with Crippen molar-refractivity contribution in [2.24, 2.45) is 5.92 Å². The number of esters is 1. The van der Waals surface area contributed by atoms with Crippen molar-refractivity contribution in [1.82, 2.24) is 4.90 Å². The number of rotatable bonds is 10. The summed E-state index contributed by atoms with van der Waals surface area (Å²) in [6.07, 6.45) is 7.73. The number of piperidine rings is 3. The average Bonchev–Trinajstić information content (AvgIpc) is 3.46. The van der Waals surface area contributed by atoms with Gasteiger partial charge >= 0.3 is 5.97 Å². The summed E-state index contributed by atoms with van der Waals surface area (Å²) in [6, 6.07) is 11.5. The van der Waals surface area contributed by atoms with E-state index in [1.54, 1.807) is 12.1 Å². The summed E-state index contributed by atoms with van der Waals surface area (Å²) in [7, 11) is 1.51. The lowest BCUT2D eigenvalue weighted by Gasteiger charge is -2.45. The maximum absolute atomic E-state index is 13.7. The van der Waals surface area contributed by atoms with Crippen LogP contribution in [0.25, 0.3) is 0 Å². The molecule has 2 bridgehead atoms. The Hall–Kier alpha value is -2.61. The van der Waals surface area contributed by atoms with Crippen molar-refractivity contribution in [3.8, 4) is 5.75 Å². The van der Waals surface area contributed by atoms with E-state index in [-0.39, 0.29) is 24.6 Å². The monoisotopic (exact) mass is 554 g/mol. The molecule has 210 valence electrons. The topological polar surface area (TPSA) is 88.1 Å². The molecule has 0 radical (unpaired) electrons. The van der Waals surface area contributed by atoms with Gasteiger partial charge in [0.2, 0.25) is 5.91 Å². The predicted molar refractivity (Wildman–Crippen MR) is 151 cm³/mol. The molecule has 1 amide bonds. The maximum atomic E-state index is 13.7. The van der Waals surface area contributed by atoms with E-state index < -0.39 is 5.41 Å². The third kappa shape index (κ3) is 6.11. The molecule has 3 heterocycles. The summed E-state index contributed by atoms with van der Waals surface area (Å²) in [5.74, 6) is 0.787. The largest absolute Gasteiger partial charge is 0.496 e. The van der Waals surface area contributed by atoms with Crippen molar-refractivity contribution in [2.45, 2.75) is 75.9 Å². The van der Waals surface area contributed by atoms with Crippen LogP contribution >= 0.6 is 11.6 Å². The van der Waals surface area contributed by atoms with E-state index >= 15 is 0 Å². The van der Waals surface area contributed by atoms with E-state index in [0.29, 0.717) is 40.8 Å². The van der Waals surface area contributed by atoms with E-state index in [0.717, 1.165) is 75.7 Å². The second-order valence-corrected chi connectivity index (χ2v) is 11.7. The van der Waals surface area contributed by atoms with Gasteiger partial charge in [0.15, 0.2) is 0 Å². The van der Waals surface area contributed by atoms with Crippen LogP contribution in [0.1, 0.15) is 68.1 Å². The van der Waals surface area contributed by atoms with E-state index in [9.17, 15) is 14.7 Å². The molecule has 4 aliphatic rings. The first-order chi connectivity index (χ1) is 18.9. The number of benzene rings is 2. The Morgan fingerprint density at radius 3 is 2.59 bits per heavy atom. The Balaban J connectivity index is 1.20. The molecule has 4 fully saturated rings. The molecule has 2 aromatic carbocycles. The minimum absolute atomic E-state index is 0.0208. The molecule has 0 spiro atoms. The van der Waals surface area contributed by atoms with E-state index in [2.05, 4.69) is 28.4 Å². The molecule has 3 saturated heterocycles. The molecule has 8 heteroatoms. The number of amides is 1. The Bertz CT molecular complexity index is 1190. The quantitative estimate of drug-likeness (QED) is 0.390. The van der Waals surface area contributed by atoms with Crippen molar-refractivity contribution >= 4 is 29.2 Å². The molecule has 39 heavy (non-hydrogen) atoms. The SMILES string of the molecule is COc1cc(NC(=O)CCCc2cccc(C3(C(=O)OC4CN5CCC4CC5)CCCC3)c2)c(Cl)cc1CO. The normalized spacial score (nSPS) is 23.4. The highest BCUT2D eigenvalue weighted by Gasteiger charge is 2.47. The predicted octanol–water partition coefficient (Wildman–Crippen LogP) is 5.25. The zero-order valence-electron chi connectivity index (χ0n) is 22.7. The minimum atomic E-state index is -0.560. The van der Waals surface area contributed by atoms with Crippen molar-refractivity contribution in [1.29, 1.82) is 0 Å². The Morgan fingerprint density at radius 1 is 1.15 bits per heavy atom. The van der Waals surface area contributed by atoms with Crippen LogP contribution in [0.2, 0.25) is 5.02 Å². The number of aryl methyl sites for hydroxylation is 1. The van der Waals surface area contributed by atoms with Gasteiger partial charge in [-0.25, -0.2) is 0 Å². The summed E-state index contributed by atoms with van der Waals surface area (Å²) in [5, 5.41) is 12.7. The summed E-state index contributed by atoms with van der Waals surface area (Å²) >= 11 is 6.29. The van der Waals surface area contributed by atoms with Crippen molar-refractivity contribution < 1.29 is 24.2 Å². The number of halogens is 1. The van der Waals surface area contributed by atoms with Gasteiger partial charge in [-0.05, 0) is 74.7 Å². The number of aliphatic hydroxyl groups is 1. The van der Waals surface area contributed by atoms with E-state index in [4.69, 9.17) is 21.1 Å². The number of anilines is 1. The number of nitrogens with zero attached hydrogens (tertiary/aromatic N) is 1. The van der Waals surface area contributed by atoms with Gasteiger partial charge in [-0.3, -0.25) is 14.5 Å². The van der Waals surface area contributed by atoms with Gasteiger partial charge in [-0.15, -0.1) is 0 Å². The summed E-state index contributed by atoms with van der Waals surface area (Å²) in [6.45, 7) is 2.93. The summed E-state index contributed by atoms with van der Waals surface area (Å²) in [5.41, 5.74) is 2.64. The van der Waals surface area contributed by atoms with Crippen LogP contribution in [0.5, 0.6) is 5.75 Å². The molecule has 1 aliphatic carbocycles. The highest BCUT2D eigenvalue weighted by Crippen LogP contribution is 2.44. The van der Waals surface area contributed by atoms with Gasteiger partial charge < -0.3 is 19.9 Å². The maximum Gasteiger partial charge on any atom is 0.316 e. The fourth-order valence-corrected chi connectivity index (χ4v) is 6.81.